The smallest absolute Gasteiger partial charge is 0.275 e. The molecule has 0 radical (unpaired) electrons. The van der Waals surface area contributed by atoms with Crippen LogP contribution in [-0.4, -0.2) is 41.2 Å². The molecule has 0 atom stereocenters. The predicted octanol–water partition coefficient (Wildman–Crippen LogP) is 2.30. The lowest BCUT2D eigenvalue weighted by atomic mass is 10.4. The van der Waals surface area contributed by atoms with Crippen LogP contribution in [0.4, 0.5) is 5.69 Å². The fourth-order valence-corrected chi connectivity index (χ4v) is 2.26. The van der Waals surface area contributed by atoms with Gasteiger partial charge in [-0.2, -0.15) is 0 Å². The van der Waals surface area contributed by atoms with Crippen molar-refractivity contribution in [1.29, 1.82) is 0 Å². The molecule has 0 N–H and O–H groups in total. The maximum atomic E-state index is 10.6. The van der Waals surface area contributed by atoms with Crippen molar-refractivity contribution in [2.45, 2.75) is 5.03 Å². The van der Waals surface area contributed by atoms with E-state index >= 15 is 0 Å². The highest BCUT2D eigenvalue weighted by atomic mass is 35.5. The fourth-order valence-electron chi connectivity index (χ4n) is 0.972. The van der Waals surface area contributed by atoms with E-state index in [1.165, 1.54) is 23.9 Å². The Morgan fingerprint density at radius 3 is 2.81 bits per heavy atom. The average Bonchev–Trinajstić information content (AvgIpc) is 2.16. The molecule has 0 spiro atoms. The minimum Gasteiger partial charge on any atom is -0.309 e. The molecule has 88 valence electrons. The van der Waals surface area contributed by atoms with E-state index in [0.717, 1.165) is 12.3 Å². The number of pyridine rings is 1. The summed E-state index contributed by atoms with van der Waals surface area (Å²) in [6.07, 6.45) is 0. The van der Waals surface area contributed by atoms with Crippen molar-refractivity contribution in [1.82, 2.24) is 9.88 Å². The monoisotopic (exact) mass is 261 g/mol. The van der Waals surface area contributed by atoms with Crippen molar-refractivity contribution in [3.63, 3.8) is 0 Å². The second-order valence-corrected chi connectivity index (χ2v) is 4.90. The van der Waals surface area contributed by atoms with Crippen LogP contribution in [0.25, 0.3) is 0 Å². The van der Waals surface area contributed by atoms with Crippen LogP contribution in [-0.2, 0) is 0 Å². The van der Waals surface area contributed by atoms with Gasteiger partial charge in [-0.1, -0.05) is 11.6 Å². The summed E-state index contributed by atoms with van der Waals surface area (Å²) in [5.74, 6) is 0.817. The van der Waals surface area contributed by atoms with Crippen LogP contribution in [0, 0.1) is 10.1 Å². The summed E-state index contributed by atoms with van der Waals surface area (Å²) >= 11 is 7.15. The van der Waals surface area contributed by atoms with Crippen LogP contribution < -0.4 is 0 Å². The number of thioether (sulfide) groups is 1. The average molecular weight is 262 g/mol. The standard InChI is InChI=1S/C9H12ClN3O2S/c1-12(2)3-4-16-9-6-7(13(14)15)5-8(10)11-9/h5-6H,3-4H2,1-2H3. The van der Waals surface area contributed by atoms with Gasteiger partial charge in [0.25, 0.3) is 5.69 Å². The Balaban J connectivity index is 2.69. The molecule has 0 aliphatic carbocycles. The van der Waals surface area contributed by atoms with Gasteiger partial charge in [0.15, 0.2) is 0 Å². The molecular weight excluding hydrogens is 250 g/mol. The topological polar surface area (TPSA) is 59.3 Å². The first-order chi connectivity index (χ1) is 7.49. The Morgan fingerprint density at radius 2 is 2.25 bits per heavy atom. The molecule has 0 fully saturated rings. The maximum Gasteiger partial charge on any atom is 0.275 e. The van der Waals surface area contributed by atoms with Crippen LogP contribution in [0.2, 0.25) is 5.15 Å². The number of rotatable bonds is 5. The van der Waals surface area contributed by atoms with E-state index in [-0.39, 0.29) is 10.8 Å². The lowest BCUT2D eigenvalue weighted by Crippen LogP contribution is -2.14. The maximum absolute atomic E-state index is 10.6. The first-order valence-electron chi connectivity index (χ1n) is 4.58. The Kier molecular flexibility index (Phi) is 4.98. The molecule has 7 heteroatoms. The van der Waals surface area contributed by atoms with Gasteiger partial charge in [0.05, 0.1) is 11.0 Å². The van der Waals surface area contributed by atoms with E-state index in [2.05, 4.69) is 4.98 Å². The van der Waals surface area contributed by atoms with Crippen LogP contribution in [0.5, 0.6) is 0 Å². The molecule has 16 heavy (non-hydrogen) atoms. The van der Waals surface area contributed by atoms with Crippen molar-refractivity contribution in [2.75, 3.05) is 26.4 Å². The van der Waals surface area contributed by atoms with Gasteiger partial charge in [-0.25, -0.2) is 4.98 Å². The van der Waals surface area contributed by atoms with Crippen LogP contribution in [0.15, 0.2) is 17.2 Å². The normalized spacial score (nSPS) is 10.8. The minimum atomic E-state index is -0.469. The van der Waals surface area contributed by atoms with Gasteiger partial charge in [0.1, 0.15) is 10.2 Å². The third-order valence-corrected chi connectivity index (χ3v) is 2.84. The molecule has 1 rings (SSSR count). The summed E-state index contributed by atoms with van der Waals surface area (Å²) in [7, 11) is 3.93. The molecule has 1 aromatic heterocycles. The molecule has 0 saturated carbocycles. The van der Waals surface area contributed by atoms with E-state index in [1.54, 1.807) is 0 Å². The quantitative estimate of drug-likeness (QED) is 0.352. The molecule has 0 aliphatic rings. The zero-order chi connectivity index (χ0) is 12.1. The highest BCUT2D eigenvalue weighted by Crippen LogP contribution is 2.24. The highest BCUT2D eigenvalue weighted by Gasteiger charge is 2.10. The van der Waals surface area contributed by atoms with Gasteiger partial charge < -0.3 is 4.90 Å². The molecule has 0 amide bonds. The van der Waals surface area contributed by atoms with Gasteiger partial charge in [-0.3, -0.25) is 10.1 Å². The summed E-state index contributed by atoms with van der Waals surface area (Å²) in [4.78, 5) is 16.2. The van der Waals surface area contributed by atoms with Crippen LogP contribution >= 0.6 is 23.4 Å². The molecular formula is C9H12ClN3O2S. The lowest BCUT2D eigenvalue weighted by molar-refractivity contribution is -0.385. The molecule has 1 heterocycles. The van der Waals surface area contributed by atoms with Crippen molar-refractivity contribution in [2.24, 2.45) is 0 Å². The van der Waals surface area contributed by atoms with Crippen molar-refractivity contribution in [3.8, 4) is 0 Å². The molecule has 1 aromatic rings. The highest BCUT2D eigenvalue weighted by molar-refractivity contribution is 7.99. The van der Waals surface area contributed by atoms with Crippen LogP contribution in [0.1, 0.15) is 0 Å². The summed E-state index contributed by atoms with van der Waals surface area (Å²) in [6.45, 7) is 0.882. The Morgan fingerprint density at radius 1 is 1.56 bits per heavy atom. The summed E-state index contributed by atoms with van der Waals surface area (Å²) in [5.41, 5.74) is -0.0210. The Bertz CT molecular complexity index is 387. The zero-order valence-electron chi connectivity index (χ0n) is 9.01. The van der Waals surface area contributed by atoms with Gasteiger partial charge in [-0.15, -0.1) is 11.8 Å². The second kappa shape index (κ2) is 6.03. The Labute approximate surface area is 103 Å². The molecule has 0 unspecified atom stereocenters. The van der Waals surface area contributed by atoms with E-state index in [9.17, 15) is 10.1 Å². The molecule has 0 saturated heterocycles. The third-order valence-electron chi connectivity index (χ3n) is 1.75. The zero-order valence-corrected chi connectivity index (χ0v) is 10.6. The fraction of sp³-hybridized carbons (Fsp3) is 0.444. The first kappa shape index (κ1) is 13.2. The number of hydrogen-bond acceptors (Lipinski definition) is 5. The lowest BCUT2D eigenvalue weighted by Gasteiger charge is -2.08. The van der Waals surface area contributed by atoms with Gasteiger partial charge in [0, 0.05) is 18.4 Å². The minimum absolute atomic E-state index is 0.0210. The van der Waals surface area contributed by atoms with E-state index in [4.69, 9.17) is 11.6 Å². The van der Waals surface area contributed by atoms with E-state index in [1.807, 2.05) is 19.0 Å². The molecule has 0 aliphatic heterocycles. The van der Waals surface area contributed by atoms with Crippen LogP contribution in [0.3, 0.4) is 0 Å². The van der Waals surface area contributed by atoms with Crippen molar-refractivity contribution >= 4 is 29.1 Å². The SMILES string of the molecule is CN(C)CCSc1cc([N+](=O)[O-])cc(Cl)n1. The van der Waals surface area contributed by atoms with Crippen molar-refractivity contribution < 1.29 is 4.92 Å². The molecule has 0 aromatic carbocycles. The number of hydrogen-bond donors (Lipinski definition) is 0. The van der Waals surface area contributed by atoms with Gasteiger partial charge in [-0.05, 0) is 14.1 Å². The summed E-state index contributed by atoms with van der Waals surface area (Å²) in [6, 6.07) is 2.68. The molecule has 5 nitrogen and oxygen atoms in total. The first-order valence-corrected chi connectivity index (χ1v) is 5.95. The van der Waals surface area contributed by atoms with E-state index in [0.29, 0.717) is 5.03 Å². The Hall–Kier alpha value is -0.850. The summed E-state index contributed by atoms with van der Waals surface area (Å²) in [5, 5.41) is 11.3. The van der Waals surface area contributed by atoms with Crippen molar-refractivity contribution in [3.05, 3.63) is 27.4 Å². The van der Waals surface area contributed by atoms with Gasteiger partial charge >= 0.3 is 0 Å². The second-order valence-electron chi connectivity index (χ2n) is 3.40. The summed E-state index contributed by atoms with van der Waals surface area (Å²) < 4.78 is 0. The molecule has 0 bridgehead atoms. The largest absolute Gasteiger partial charge is 0.309 e. The number of aromatic nitrogens is 1. The number of halogens is 1. The predicted molar refractivity (Wildman–Crippen MR) is 65.2 cm³/mol. The number of nitro groups is 1. The third kappa shape index (κ3) is 4.34. The van der Waals surface area contributed by atoms with Gasteiger partial charge in [0.2, 0.25) is 0 Å². The van der Waals surface area contributed by atoms with E-state index < -0.39 is 4.92 Å². The number of nitrogens with zero attached hydrogens (tertiary/aromatic N) is 3.